The first-order valence-corrected chi connectivity index (χ1v) is 12.4. The molecule has 2 amide bonds. The number of hydrogen-bond acceptors (Lipinski definition) is 5. The van der Waals surface area contributed by atoms with E-state index in [9.17, 15) is 9.59 Å². The van der Waals surface area contributed by atoms with Crippen LogP contribution >= 0.6 is 0 Å². The summed E-state index contributed by atoms with van der Waals surface area (Å²) >= 11 is 0. The predicted octanol–water partition coefficient (Wildman–Crippen LogP) is 3.14. The van der Waals surface area contributed by atoms with Gasteiger partial charge in [0.25, 0.3) is 0 Å². The summed E-state index contributed by atoms with van der Waals surface area (Å²) in [6.07, 6.45) is 4.83. The molecule has 1 N–H and O–H groups in total. The lowest BCUT2D eigenvalue weighted by atomic mass is 9.95. The molecule has 2 heterocycles. The molecular formula is C28H35N3O4. The van der Waals surface area contributed by atoms with Crippen LogP contribution < -0.4 is 10.1 Å². The molecule has 186 valence electrons. The minimum atomic E-state index is -0.0710. The Bertz CT molecular complexity index is 979. The van der Waals surface area contributed by atoms with Crippen molar-refractivity contribution in [1.29, 1.82) is 0 Å². The van der Waals surface area contributed by atoms with Gasteiger partial charge in [0.05, 0.1) is 26.4 Å². The Balaban J connectivity index is 1.29. The van der Waals surface area contributed by atoms with Gasteiger partial charge in [0.1, 0.15) is 5.75 Å². The number of morpholine rings is 1. The average Bonchev–Trinajstić information content (AvgIpc) is 2.93. The Morgan fingerprint density at radius 3 is 2.37 bits per heavy atom. The molecule has 7 nitrogen and oxygen atoms in total. The van der Waals surface area contributed by atoms with Crippen LogP contribution in [0.4, 0.5) is 0 Å². The number of methoxy groups -OCH3 is 1. The number of benzene rings is 2. The predicted molar refractivity (Wildman–Crippen MR) is 136 cm³/mol. The lowest BCUT2D eigenvalue weighted by molar-refractivity contribution is -0.132. The van der Waals surface area contributed by atoms with Crippen LogP contribution in [-0.4, -0.2) is 74.7 Å². The molecule has 2 fully saturated rings. The van der Waals surface area contributed by atoms with Crippen molar-refractivity contribution in [3.63, 3.8) is 0 Å². The van der Waals surface area contributed by atoms with Crippen molar-refractivity contribution < 1.29 is 19.1 Å². The first-order chi connectivity index (χ1) is 17.1. The Hall–Kier alpha value is -3.16. The first kappa shape index (κ1) is 24.9. The van der Waals surface area contributed by atoms with E-state index < -0.39 is 0 Å². The summed E-state index contributed by atoms with van der Waals surface area (Å²) in [5.74, 6) is 0.820. The highest BCUT2D eigenvalue weighted by molar-refractivity contribution is 5.92. The van der Waals surface area contributed by atoms with Crippen LogP contribution in [0.5, 0.6) is 5.75 Å². The summed E-state index contributed by atoms with van der Waals surface area (Å²) in [7, 11) is 1.66. The van der Waals surface area contributed by atoms with E-state index in [4.69, 9.17) is 9.47 Å². The molecule has 2 aliphatic heterocycles. The lowest BCUT2D eigenvalue weighted by Gasteiger charge is -2.36. The maximum absolute atomic E-state index is 13.0. The number of amides is 2. The maximum Gasteiger partial charge on any atom is 0.246 e. The summed E-state index contributed by atoms with van der Waals surface area (Å²) in [6, 6.07) is 17.9. The number of piperidine rings is 1. The fourth-order valence-corrected chi connectivity index (χ4v) is 4.71. The van der Waals surface area contributed by atoms with Gasteiger partial charge in [-0.3, -0.25) is 14.5 Å². The van der Waals surface area contributed by atoms with E-state index in [0.717, 1.165) is 30.0 Å². The summed E-state index contributed by atoms with van der Waals surface area (Å²) < 4.78 is 10.8. The van der Waals surface area contributed by atoms with Crippen molar-refractivity contribution >= 4 is 17.9 Å². The van der Waals surface area contributed by atoms with Crippen molar-refractivity contribution in [2.24, 2.45) is 5.92 Å². The van der Waals surface area contributed by atoms with E-state index in [1.54, 1.807) is 13.2 Å². The standard InChI is InChI=1S/C28H35N3O4/c1-34-25-10-8-23(9-11-25)26(30-17-19-35-20-18-30)21-29-28(33)24-13-15-31(16-14-24)27(32)12-7-22-5-3-2-4-6-22/h2-12,24,26H,13-21H2,1H3,(H,29,33)/b12-7-/t26-/m0/s1. The highest BCUT2D eigenvalue weighted by Gasteiger charge is 2.28. The summed E-state index contributed by atoms with van der Waals surface area (Å²) in [5, 5.41) is 3.20. The van der Waals surface area contributed by atoms with Gasteiger partial charge in [-0.15, -0.1) is 0 Å². The van der Waals surface area contributed by atoms with Crippen LogP contribution in [0.15, 0.2) is 60.7 Å². The van der Waals surface area contributed by atoms with Gasteiger partial charge in [0.2, 0.25) is 11.8 Å². The molecule has 4 rings (SSSR count). The van der Waals surface area contributed by atoms with Crippen LogP contribution in [0, 0.1) is 5.92 Å². The average molecular weight is 478 g/mol. The number of rotatable bonds is 8. The van der Waals surface area contributed by atoms with Gasteiger partial charge >= 0.3 is 0 Å². The van der Waals surface area contributed by atoms with Crippen LogP contribution in [0.25, 0.3) is 6.08 Å². The molecule has 7 heteroatoms. The van der Waals surface area contributed by atoms with E-state index >= 15 is 0 Å². The Morgan fingerprint density at radius 1 is 1.03 bits per heavy atom. The normalized spacial score (nSPS) is 18.4. The second-order valence-electron chi connectivity index (χ2n) is 9.03. The topological polar surface area (TPSA) is 71.1 Å². The van der Waals surface area contributed by atoms with Crippen molar-refractivity contribution in [2.45, 2.75) is 18.9 Å². The molecule has 0 radical (unpaired) electrons. The Morgan fingerprint density at radius 2 is 1.71 bits per heavy atom. The molecule has 2 aromatic rings. The molecule has 0 unspecified atom stereocenters. The molecule has 1 atom stereocenters. The van der Waals surface area contributed by atoms with Crippen LogP contribution in [-0.2, 0) is 14.3 Å². The van der Waals surface area contributed by atoms with Gasteiger partial charge in [0.15, 0.2) is 0 Å². The highest BCUT2D eigenvalue weighted by atomic mass is 16.5. The molecule has 2 saturated heterocycles. The molecule has 0 bridgehead atoms. The van der Waals surface area contributed by atoms with Crippen molar-refractivity contribution in [2.75, 3.05) is 53.0 Å². The van der Waals surface area contributed by atoms with Gasteiger partial charge in [-0.25, -0.2) is 0 Å². The molecule has 0 aliphatic carbocycles. The fraction of sp³-hybridized carbons (Fsp3) is 0.429. The van der Waals surface area contributed by atoms with Gasteiger partial charge in [-0.05, 0) is 42.2 Å². The number of carbonyl (C=O) groups excluding carboxylic acids is 2. The second-order valence-corrected chi connectivity index (χ2v) is 9.03. The van der Waals surface area contributed by atoms with Crippen LogP contribution in [0.1, 0.15) is 30.0 Å². The summed E-state index contributed by atoms with van der Waals surface area (Å²) in [4.78, 5) is 29.8. The number of carbonyl (C=O) groups is 2. The quantitative estimate of drug-likeness (QED) is 0.592. The summed E-state index contributed by atoms with van der Waals surface area (Å²) in [6.45, 7) is 4.82. The zero-order chi connectivity index (χ0) is 24.5. The minimum Gasteiger partial charge on any atom is -0.497 e. The minimum absolute atomic E-state index is 0.000372. The van der Waals surface area contributed by atoms with Crippen LogP contribution in [0.2, 0.25) is 0 Å². The van der Waals surface area contributed by atoms with E-state index in [1.807, 2.05) is 53.4 Å². The van der Waals surface area contributed by atoms with E-state index in [2.05, 4.69) is 22.3 Å². The van der Waals surface area contributed by atoms with Crippen molar-refractivity contribution in [1.82, 2.24) is 15.1 Å². The van der Waals surface area contributed by atoms with Gasteiger partial charge < -0.3 is 19.7 Å². The fourth-order valence-electron chi connectivity index (χ4n) is 4.71. The summed E-state index contributed by atoms with van der Waals surface area (Å²) in [5.41, 5.74) is 2.15. The molecule has 35 heavy (non-hydrogen) atoms. The number of ether oxygens (including phenoxy) is 2. The smallest absolute Gasteiger partial charge is 0.246 e. The number of nitrogens with zero attached hydrogens (tertiary/aromatic N) is 2. The third-order valence-electron chi connectivity index (χ3n) is 6.85. The Kier molecular flexibility index (Phi) is 8.92. The largest absolute Gasteiger partial charge is 0.497 e. The van der Waals surface area contributed by atoms with Gasteiger partial charge in [-0.2, -0.15) is 0 Å². The first-order valence-electron chi connectivity index (χ1n) is 12.4. The molecule has 0 saturated carbocycles. The molecule has 0 aromatic heterocycles. The SMILES string of the molecule is COc1ccc([C@H](CNC(=O)C2CCN(C(=O)/C=C\c3ccccc3)CC2)N2CCOCC2)cc1. The zero-order valence-electron chi connectivity index (χ0n) is 20.4. The zero-order valence-corrected chi connectivity index (χ0v) is 20.4. The third kappa shape index (κ3) is 6.93. The van der Waals surface area contributed by atoms with Crippen molar-refractivity contribution in [3.8, 4) is 5.75 Å². The van der Waals surface area contributed by atoms with E-state index in [0.29, 0.717) is 45.7 Å². The lowest BCUT2D eigenvalue weighted by Crippen LogP contribution is -2.46. The van der Waals surface area contributed by atoms with Crippen LogP contribution in [0.3, 0.4) is 0 Å². The van der Waals surface area contributed by atoms with E-state index in [1.165, 1.54) is 0 Å². The molecule has 0 spiro atoms. The molecule has 2 aliphatic rings. The molecule has 2 aromatic carbocycles. The maximum atomic E-state index is 13.0. The third-order valence-corrected chi connectivity index (χ3v) is 6.85. The van der Waals surface area contributed by atoms with Gasteiger partial charge in [0, 0.05) is 44.7 Å². The highest BCUT2D eigenvalue weighted by Crippen LogP contribution is 2.24. The Labute approximate surface area is 207 Å². The number of likely N-dealkylation sites (tertiary alicyclic amines) is 1. The van der Waals surface area contributed by atoms with E-state index in [-0.39, 0.29) is 23.8 Å². The molecular weight excluding hydrogens is 442 g/mol. The number of hydrogen-bond donors (Lipinski definition) is 1. The number of nitrogens with one attached hydrogen (secondary N) is 1. The monoisotopic (exact) mass is 477 g/mol. The second kappa shape index (κ2) is 12.5. The van der Waals surface area contributed by atoms with Gasteiger partial charge in [-0.1, -0.05) is 42.5 Å². The van der Waals surface area contributed by atoms with Crippen molar-refractivity contribution in [3.05, 3.63) is 71.8 Å².